The number of aromatic nitrogens is 4. The number of rotatable bonds is 4. The van der Waals surface area contributed by atoms with Gasteiger partial charge in [0.05, 0.1) is 10.3 Å². The summed E-state index contributed by atoms with van der Waals surface area (Å²) in [6.45, 7) is 4.75. The summed E-state index contributed by atoms with van der Waals surface area (Å²) in [7, 11) is 1.90. The molecule has 4 rings (SSSR count). The Hall–Kier alpha value is -2.06. The van der Waals surface area contributed by atoms with E-state index in [0.29, 0.717) is 23.5 Å². The zero-order valence-corrected chi connectivity index (χ0v) is 14.7. The van der Waals surface area contributed by atoms with Gasteiger partial charge in [-0.1, -0.05) is 5.16 Å². The number of likely N-dealkylation sites (N-methyl/N-ethyl adjacent to an activating group) is 1. The van der Waals surface area contributed by atoms with Crippen LogP contribution in [0.15, 0.2) is 9.32 Å². The van der Waals surface area contributed by atoms with Gasteiger partial charge in [-0.3, -0.25) is 9.36 Å². The molecule has 3 aromatic rings. The van der Waals surface area contributed by atoms with E-state index in [1.54, 1.807) is 4.57 Å². The monoisotopic (exact) mass is 345 g/mol. The number of nitrogens with one attached hydrogen (secondary N) is 1. The first-order chi connectivity index (χ1) is 11.6. The molecule has 0 fully saturated rings. The Morgan fingerprint density at radius 3 is 3.04 bits per heavy atom. The maximum Gasteiger partial charge on any atom is 0.268 e. The fourth-order valence-corrected chi connectivity index (χ4v) is 4.20. The number of thiophene rings is 1. The van der Waals surface area contributed by atoms with E-state index >= 15 is 0 Å². The van der Waals surface area contributed by atoms with Gasteiger partial charge in [0.1, 0.15) is 10.7 Å². The lowest BCUT2D eigenvalue weighted by Crippen LogP contribution is -2.24. The number of hydrogen-bond acceptors (Lipinski definition) is 7. The topological polar surface area (TPSA) is 85.8 Å². The van der Waals surface area contributed by atoms with Crippen molar-refractivity contribution in [3.63, 3.8) is 0 Å². The Labute approximate surface area is 142 Å². The fourth-order valence-electron chi connectivity index (χ4n) is 3.08. The third kappa shape index (κ3) is 2.37. The molecule has 0 aromatic carbocycles. The Morgan fingerprint density at radius 1 is 1.42 bits per heavy atom. The molecule has 1 N–H and O–H groups in total. The summed E-state index contributed by atoms with van der Waals surface area (Å²) in [5.41, 5.74) is 0.933. The number of nitrogens with zero attached hydrogens (tertiary/aromatic N) is 4. The van der Waals surface area contributed by atoms with Crippen LogP contribution in [0.1, 0.15) is 30.6 Å². The van der Waals surface area contributed by atoms with Gasteiger partial charge in [0.15, 0.2) is 5.82 Å². The maximum absolute atomic E-state index is 12.7. The minimum atomic E-state index is 0.0519. The average Bonchev–Trinajstić information content (AvgIpc) is 3.27. The van der Waals surface area contributed by atoms with Gasteiger partial charge in [-0.2, -0.15) is 4.98 Å². The second-order valence-corrected chi connectivity index (χ2v) is 7.23. The quantitative estimate of drug-likeness (QED) is 0.777. The van der Waals surface area contributed by atoms with Crippen molar-refractivity contribution >= 4 is 21.6 Å². The molecule has 0 radical (unpaired) electrons. The predicted octanol–water partition coefficient (Wildman–Crippen LogP) is 1.91. The Balaban J connectivity index is 1.80. The van der Waals surface area contributed by atoms with Crippen molar-refractivity contribution in [1.29, 1.82) is 0 Å². The molecule has 0 bridgehead atoms. The molecule has 1 unspecified atom stereocenters. The first-order valence-corrected chi connectivity index (χ1v) is 8.93. The largest absolute Gasteiger partial charge is 0.333 e. The molecular formula is C16H19N5O2S. The summed E-state index contributed by atoms with van der Waals surface area (Å²) < 4.78 is 7.22. The van der Waals surface area contributed by atoms with E-state index in [9.17, 15) is 4.79 Å². The molecular weight excluding hydrogens is 326 g/mol. The molecule has 3 aromatic heterocycles. The Bertz CT molecular complexity index is 971. The second-order valence-electron chi connectivity index (χ2n) is 6.23. The third-order valence-corrected chi connectivity index (χ3v) is 5.73. The maximum atomic E-state index is 12.7. The highest BCUT2D eigenvalue weighted by molar-refractivity contribution is 7.22. The lowest BCUT2D eigenvalue weighted by Gasteiger charge is -2.04. The molecule has 0 saturated carbocycles. The van der Waals surface area contributed by atoms with E-state index in [4.69, 9.17) is 4.52 Å². The average molecular weight is 345 g/mol. The van der Waals surface area contributed by atoms with Crippen molar-refractivity contribution in [3.05, 3.63) is 27.6 Å². The van der Waals surface area contributed by atoms with Gasteiger partial charge in [-0.25, -0.2) is 4.98 Å². The summed E-state index contributed by atoms with van der Waals surface area (Å²) in [5, 5.41) is 7.89. The molecule has 0 aliphatic carbocycles. The number of aryl methyl sites for hydroxylation is 2. The van der Waals surface area contributed by atoms with E-state index in [1.165, 1.54) is 11.3 Å². The van der Waals surface area contributed by atoms with Crippen LogP contribution in [0.25, 0.3) is 21.0 Å². The van der Waals surface area contributed by atoms with Crippen LogP contribution in [-0.2, 0) is 19.4 Å². The molecule has 8 heteroatoms. The molecule has 24 heavy (non-hydrogen) atoms. The molecule has 0 spiro atoms. The summed E-state index contributed by atoms with van der Waals surface area (Å²) in [5.74, 6) is 2.02. The van der Waals surface area contributed by atoms with Gasteiger partial charge in [0.25, 0.3) is 11.4 Å². The Morgan fingerprint density at radius 2 is 2.25 bits per heavy atom. The third-order valence-electron chi connectivity index (χ3n) is 4.56. The lowest BCUT2D eigenvalue weighted by atomic mass is 10.2. The minimum absolute atomic E-state index is 0.0519. The standard InChI is InChI=1S/C16H19N5O2S/c1-8(17-3)7-10-18-14(23-20-10)13-9(2)12-15(24-13)19-11-5-4-6-21(11)16(12)22/h8,17H,4-7H2,1-3H3. The van der Waals surface area contributed by atoms with Crippen LogP contribution in [0.3, 0.4) is 0 Å². The van der Waals surface area contributed by atoms with E-state index in [2.05, 4.69) is 27.4 Å². The van der Waals surface area contributed by atoms with Gasteiger partial charge in [0.2, 0.25) is 0 Å². The highest BCUT2D eigenvalue weighted by Gasteiger charge is 2.23. The lowest BCUT2D eigenvalue weighted by molar-refractivity contribution is 0.419. The normalized spacial score (nSPS) is 15.1. The van der Waals surface area contributed by atoms with E-state index in [-0.39, 0.29) is 11.6 Å². The first-order valence-electron chi connectivity index (χ1n) is 8.11. The minimum Gasteiger partial charge on any atom is -0.333 e. The molecule has 7 nitrogen and oxygen atoms in total. The van der Waals surface area contributed by atoms with Gasteiger partial charge in [-0.05, 0) is 32.9 Å². The summed E-state index contributed by atoms with van der Waals surface area (Å²) >= 11 is 1.46. The highest BCUT2D eigenvalue weighted by atomic mass is 32.1. The smallest absolute Gasteiger partial charge is 0.268 e. The van der Waals surface area contributed by atoms with Crippen LogP contribution in [0.2, 0.25) is 0 Å². The van der Waals surface area contributed by atoms with Crippen molar-refractivity contribution in [2.45, 2.75) is 45.7 Å². The van der Waals surface area contributed by atoms with Crippen molar-refractivity contribution in [2.24, 2.45) is 0 Å². The van der Waals surface area contributed by atoms with Crippen molar-refractivity contribution in [1.82, 2.24) is 25.0 Å². The van der Waals surface area contributed by atoms with E-state index in [1.807, 2.05) is 14.0 Å². The summed E-state index contributed by atoms with van der Waals surface area (Å²) in [6, 6.07) is 0.272. The van der Waals surface area contributed by atoms with Gasteiger partial charge < -0.3 is 9.84 Å². The highest BCUT2D eigenvalue weighted by Crippen LogP contribution is 2.35. The van der Waals surface area contributed by atoms with Crippen LogP contribution in [-0.4, -0.2) is 32.8 Å². The predicted molar refractivity (Wildman–Crippen MR) is 92.5 cm³/mol. The molecule has 0 amide bonds. The molecule has 1 atom stereocenters. The van der Waals surface area contributed by atoms with Crippen LogP contribution >= 0.6 is 11.3 Å². The molecule has 4 heterocycles. The van der Waals surface area contributed by atoms with Gasteiger partial charge in [-0.15, -0.1) is 11.3 Å². The van der Waals surface area contributed by atoms with E-state index in [0.717, 1.165) is 40.5 Å². The van der Waals surface area contributed by atoms with Gasteiger partial charge >= 0.3 is 0 Å². The second kappa shape index (κ2) is 5.78. The van der Waals surface area contributed by atoms with Crippen LogP contribution < -0.4 is 10.9 Å². The molecule has 1 aliphatic heterocycles. The summed E-state index contributed by atoms with van der Waals surface area (Å²) in [4.78, 5) is 23.5. The Kier molecular flexibility index (Phi) is 3.73. The van der Waals surface area contributed by atoms with Crippen molar-refractivity contribution < 1.29 is 4.52 Å². The van der Waals surface area contributed by atoms with Crippen LogP contribution in [0.4, 0.5) is 0 Å². The first kappa shape index (κ1) is 15.5. The summed E-state index contributed by atoms with van der Waals surface area (Å²) in [6.07, 6.45) is 2.55. The van der Waals surface area contributed by atoms with E-state index < -0.39 is 0 Å². The molecule has 0 saturated heterocycles. The fraction of sp³-hybridized carbons (Fsp3) is 0.500. The zero-order chi connectivity index (χ0) is 16.8. The number of fused-ring (bicyclic) bond motifs is 2. The zero-order valence-electron chi connectivity index (χ0n) is 13.9. The van der Waals surface area contributed by atoms with Crippen LogP contribution in [0, 0.1) is 6.92 Å². The van der Waals surface area contributed by atoms with Gasteiger partial charge in [0, 0.05) is 25.4 Å². The van der Waals surface area contributed by atoms with Crippen molar-refractivity contribution in [2.75, 3.05) is 7.05 Å². The van der Waals surface area contributed by atoms with Crippen molar-refractivity contribution in [3.8, 4) is 10.8 Å². The molecule has 126 valence electrons. The van der Waals surface area contributed by atoms with Crippen LogP contribution in [0.5, 0.6) is 0 Å². The SMILES string of the molecule is CNC(C)Cc1noc(-c2sc3nc4n(c(=O)c3c2C)CCC4)n1. The molecule has 1 aliphatic rings. The number of hydrogen-bond donors (Lipinski definition) is 1.